The second kappa shape index (κ2) is 8.51. The molecule has 0 aliphatic rings. The number of nitrogens with zero attached hydrogens (tertiary/aromatic N) is 2. The monoisotopic (exact) mass is 390 g/mol. The van der Waals surface area contributed by atoms with Gasteiger partial charge in [0.1, 0.15) is 5.75 Å². The van der Waals surface area contributed by atoms with Crippen LogP contribution in [0.15, 0.2) is 52.8 Å². The third kappa shape index (κ3) is 5.23. The number of hydrogen-bond acceptors (Lipinski definition) is 4. The fourth-order valence-electron chi connectivity index (χ4n) is 1.93. The minimum atomic E-state index is -0.128. The zero-order valence-corrected chi connectivity index (χ0v) is 14.8. The summed E-state index contributed by atoms with van der Waals surface area (Å²) in [7, 11) is 0. The Kier molecular flexibility index (Phi) is 6.39. The van der Waals surface area contributed by atoms with Gasteiger partial charge in [-0.2, -0.15) is 5.26 Å². The maximum absolute atomic E-state index is 12.4. The summed E-state index contributed by atoms with van der Waals surface area (Å²) in [6, 6.07) is 12.7. The second-order valence-electron chi connectivity index (χ2n) is 4.70. The van der Waals surface area contributed by atoms with Crippen LogP contribution in [0, 0.1) is 11.3 Å². The molecule has 1 heterocycles. The predicted octanol–water partition coefficient (Wildman–Crippen LogP) is 3.98. The molecule has 4 nitrogen and oxygen atoms in total. The molecular formula is C17H15BrN2O2S. The highest BCUT2D eigenvalue weighted by molar-refractivity contribution is 9.11. The van der Waals surface area contributed by atoms with Gasteiger partial charge in [0, 0.05) is 11.4 Å². The van der Waals surface area contributed by atoms with E-state index in [4.69, 9.17) is 10.00 Å². The molecule has 0 N–H and O–H groups in total. The van der Waals surface area contributed by atoms with E-state index in [-0.39, 0.29) is 12.5 Å². The summed E-state index contributed by atoms with van der Waals surface area (Å²) in [6.07, 6.45) is 1.69. The van der Waals surface area contributed by atoms with Crippen molar-refractivity contribution < 1.29 is 9.53 Å². The molecule has 0 bridgehead atoms. The van der Waals surface area contributed by atoms with E-state index in [1.54, 1.807) is 46.6 Å². The summed E-state index contributed by atoms with van der Waals surface area (Å²) < 4.78 is 6.53. The third-order valence-corrected chi connectivity index (χ3v) is 4.61. The summed E-state index contributed by atoms with van der Waals surface area (Å²) in [5.41, 5.74) is 0.501. The van der Waals surface area contributed by atoms with E-state index in [0.29, 0.717) is 24.4 Å². The number of thiophene rings is 1. The van der Waals surface area contributed by atoms with Crippen LogP contribution >= 0.6 is 27.3 Å². The van der Waals surface area contributed by atoms with Gasteiger partial charge in [0.15, 0.2) is 6.61 Å². The van der Waals surface area contributed by atoms with E-state index in [1.165, 1.54) is 0 Å². The molecule has 0 fully saturated rings. The summed E-state index contributed by atoms with van der Waals surface area (Å²) in [6.45, 7) is 4.59. The summed E-state index contributed by atoms with van der Waals surface area (Å²) in [5, 5.41) is 8.87. The SMILES string of the molecule is C=CCN(Cc1ccc(Br)s1)C(=O)COc1cccc(C#N)c1. The normalized spacial score (nSPS) is 9.91. The van der Waals surface area contributed by atoms with Crippen molar-refractivity contribution in [3.05, 3.63) is 63.3 Å². The summed E-state index contributed by atoms with van der Waals surface area (Å²) >= 11 is 5.01. The minimum absolute atomic E-state index is 0.0741. The van der Waals surface area contributed by atoms with Crippen LogP contribution in [0.25, 0.3) is 0 Å². The highest BCUT2D eigenvalue weighted by atomic mass is 79.9. The van der Waals surface area contributed by atoms with E-state index in [2.05, 4.69) is 22.5 Å². The number of hydrogen-bond donors (Lipinski definition) is 0. The smallest absolute Gasteiger partial charge is 0.261 e. The first-order valence-electron chi connectivity index (χ1n) is 6.88. The van der Waals surface area contributed by atoms with Crippen LogP contribution in [0.5, 0.6) is 5.75 Å². The fraction of sp³-hybridized carbons (Fsp3) is 0.176. The van der Waals surface area contributed by atoms with E-state index in [9.17, 15) is 4.79 Å². The molecule has 1 aromatic carbocycles. The van der Waals surface area contributed by atoms with Gasteiger partial charge >= 0.3 is 0 Å². The Morgan fingerprint density at radius 1 is 1.43 bits per heavy atom. The first kappa shape index (κ1) is 17.3. The van der Waals surface area contributed by atoms with Crippen LogP contribution in [0.1, 0.15) is 10.4 Å². The minimum Gasteiger partial charge on any atom is -0.484 e. The number of nitriles is 1. The number of benzene rings is 1. The molecule has 2 rings (SSSR count). The molecule has 0 spiro atoms. The molecule has 0 aliphatic heterocycles. The van der Waals surface area contributed by atoms with Gasteiger partial charge in [-0.1, -0.05) is 12.1 Å². The Morgan fingerprint density at radius 2 is 2.26 bits per heavy atom. The lowest BCUT2D eigenvalue weighted by Crippen LogP contribution is -2.34. The number of halogens is 1. The van der Waals surface area contributed by atoms with Gasteiger partial charge in [-0.25, -0.2) is 0 Å². The van der Waals surface area contributed by atoms with Gasteiger partial charge < -0.3 is 9.64 Å². The molecule has 118 valence electrons. The highest BCUT2D eigenvalue weighted by Gasteiger charge is 2.14. The predicted molar refractivity (Wildman–Crippen MR) is 94.3 cm³/mol. The van der Waals surface area contributed by atoms with Crippen molar-refractivity contribution in [1.29, 1.82) is 5.26 Å². The van der Waals surface area contributed by atoms with Crippen molar-refractivity contribution >= 4 is 33.2 Å². The van der Waals surface area contributed by atoms with Crippen LogP contribution < -0.4 is 4.74 Å². The van der Waals surface area contributed by atoms with E-state index < -0.39 is 0 Å². The van der Waals surface area contributed by atoms with E-state index in [1.807, 2.05) is 18.2 Å². The Morgan fingerprint density at radius 3 is 2.91 bits per heavy atom. The summed E-state index contributed by atoms with van der Waals surface area (Å²) in [5.74, 6) is 0.381. The van der Waals surface area contributed by atoms with Gasteiger partial charge in [0.25, 0.3) is 5.91 Å². The van der Waals surface area contributed by atoms with Gasteiger partial charge in [-0.05, 0) is 46.3 Å². The van der Waals surface area contributed by atoms with Crippen LogP contribution in [0.4, 0.5) is 0 Å². The Labute approximate surface area is 147 Å². The lowest BCUT2D eigenvalue weighted by molar-refractivity contribution is -0.133. The van der Waals surface area contributed by atoms with Gasteiger partial charge in [0.05, 0.1) is 22.0 Å². The zero-order chi connectivity index (χ0) is 16.7. The quantitative estimate of drug-likeness (QED) is 0.671. The topological polar surface area (TPSA) is 53.3 Å². The van der Waals surface area contributed by atoms with E-state index >= 15 is 0 Å². The standard InChI is InChI=1S/C17H15BrN2O2S/c1-2-8-20(11-15-6-7-16(18)23-15)17(21)12-22-14-5-3-4-13(9-14)10-19/h2-7,9H,1,8,11-12H2. The number of rotatable bonds is 7. The maximum atomic E-state index is 12.4. The van der Waals surface area contributed by atoms with Gasteiger partial charge in [-0.15, -0.1) is 17.9 Å². The molecule has 0 saturated heterocycles. The van der Waals surface area contributed by atoms with Gasteiger partial charge in [-0.3, -0.25) is 4.79 Å². The molecule has 0 aliphatic carbocycles. The molecule has 1 aromatic heterocycles. The molecule has 0 unspecified atom stereocenters. The number of ether oxygens (including phenoxy) is 1. The second-order valence-corrected chi connectivity index (χ2v) is 7.24. The first-order valence-corrected chi connectivity index (χ1v) is 8.49. The lowest BCUT2D eigenvalue weighted by atomic mass is 10.2. The van der Waals surface area contributed by atoms with E-state index in [0.717, 1.165) is 8.66 Å². The largest absolute Gasteiger partial charge is 0.484 e. The average Bonchev–Trinajstić information content (AvgIpc) is 2.97. The maximum Gasteiger partial charge on any atom is 0.261 e. The van der Waals surface area contributed by atoms with Crippen molar-refractivity contribution in [3.8, 4) is 11.8 Å². The van der Waals surface area contributed by atoms with Crippen LogP contribution in [-0.2, 0) is 11.3 Å². The fourth-order valence-corrected chi connectivity index (χ4v) is 3.43. The van der Waals surface area contributed by atoms with Crippen LogP contribution in [0.2, 0.25) is 0 Å². The molecule has 0 atom stereocenters. The highest BCUT2D eigenvalue weighted by Crippen LogP contribution is 2.23. The van der Waals surface area contributed by atoms with Crippen molar-refractivity contribution in [2.45, 2.75) is 6.54 Å². The first-order chi connectivity index (χ1) is 11.1. The molecular weight excluding hydrogens is 376 g/mol. The third-order valence-electron chi connectivity index (χ3n) is 3.00. The van der Waals surface area contributed by atoms with Crippen molar-refractivity contribution in [2.75, 3.05) is 13.2 Å². The van der Waals surface area contributed by atoms with Crippen LogP contribution in [-0.4, -0.2) is 24.0 Å². The molecule has 0 saturated carbocycles. The molecule has 23 heavy (non-hydrogen) atoms. The Balaban J connectivity index is 1.97. The number of amides is 1. The number of carbonyl (C=O) groups is 1. The molecule has 1 amide bonds. The zero-order valence-electron chi connectivity index (χ0n) is 12.4. The number of carbonyl (C=O) groups excluding carboxylic acids is 1. The van der Waals surface area contributed by atoms with Gasteiger partial charge in [0.2, 0.25) is 0 Å². The molecule has 0 radical (unpaired) electrons. The molecule has 6 heteroatoms. The van der Waals surface area contributed by atoms with Crippen molar-refractivity contribution in [2.24, 2.45) is 0 Å². The Bertz CT molecular complexity index is 736. The van der Waals surface area contributed by atoms with Crippen LogP contribution in [0.3, 0.4) is 0 Å². The average molecular weight is 391 g/mol. The lowest BCUT2D eigenvalue weighted by Gasteiger charge is -2.20. The van der Waals surface area contributed by atoms with Crippen molar-refractivity contribution in [3.63, 3.8) is 0 Å². The Hall–Kier alpha value is -2.10. The van der Waals surface area contributed by atoms with Crippen molar-refractivity contribution in [1.82, 2.24) is 4.90 Å². The summed E-state index contributed by atoms with van der Waals surface area (Å²) in [4.78, 5) is 15.1. The molecule has 2 aromatic rings.